The molecular weight excluding hydrogens is 344 g/mol. The minimum Gasteiger partial charge on any atom is -0.454 e. The molecule has 1 fully saturated rings. The fraction of sp³-hybridized carbons (Fsp3) is 0.333. The van der Waals surface area contributed by atoms with E-state index in [2.05, 4.69) is 5.32 Å². The first-order valence-corrected chi connectivity index (χ1v) is 9.08. The molecule has 1 unspecified atom stereocenters. The molecule has 2 aromatic rings. The number of anilines is 1. The van der Waals surface area contributed by atoms with Gasteiger partial charge < -0.3 is 19.7 Å². The molecule has 0 aromatic heterocycles. The van der Waals surface area contributed by atoms with Crippen molar-refractivity contribution < 1.29 is 19.1 Å². The molecule has 6 heteroatoms. The number of ether oxygens (including phenoxy) is 2. The summed E-state index contributed by atoms with van der Waals surface area (Å²) in [5.74, 6) is 0.380. The number of nitrogens with zero attached hydrogens (tertiary/aromatic N) is 1. The number of carbonyl (C=O) groups excluding carboxylic acids is 2. The van der Waals surface area contributed by atoms with Crippen LogP contribution in [0, 0.1) is 19.8 Å². The van der Waals surface area contributed by atoms with E-state index in [1.54, 1.807) is 4.90 Å². The Morgan fingerprint density at radius 1 is 1.11 bits per heavy atom. The molecular formula is C21H22N2O4. The molecule has 2 aliphatic rings. The summed E-state index contributed by atoms with van der Waals surface area (Å²) in [7, 11) is 0. The monoisotopic (exact) mass is 366 g/mol. The highest BCUT2D eigenvalue weighted by atomic mass is 16.7. The molecule has 1 atom stereocenters. The minimum atomic E-state index is -0.638. The Bertz CT molecular complexity index is 909. The number of amides is 2. The molecule has 0 spiro atoms. The predicted molar refractivity (Wildman–Crippen MR) is 101 cm³/mol. The van der Waals surface area contributed by atoms with Gasteiger partial charge in [-0.05, 0) is 61.2 Å². The number of aryl methyl sites for hydroxylation is 2. The van der Waals surface area contributed by atoms with Crippen LogP contribution in [0.4, 0.5) is 5.69 Å². The molecule has 0 aliphatic carbocycles. The van der Waals surface area contributed by atoms with Gasteiger partial charge in [0.1, 0.15) is 5.92 Å². The molecule has 140 valence electrons. The molecule has 2 aromatic carbocycles. The maximum Gasteiger partial charge on any atom is 0.239 e. The van der Waals surface area contributed by atoms with Crippen molar-refractivity contribution in [2.45, 2.75) is 26.8 Å². The van der Waals surface area contributed by atoms with Crippen molar-refractivity contribution in [3.8, 4) is 11.5 Å². The zero-order valence-electron chi connectivity index (χ0n) is 15.5. The summed E-state index contributed by atoms with van der Waals surface area (Å²) in [4.78, 5) is 27.0. The maximum atomic E-state index is 12.7. The number of fused-ring (bicyclic) bond motifs is 1. The highest BCUT2D eigenvalue weighted by molar-refractivity contribution is 6.09. The Morgan fingerprint density at radius 2 is 1.93 bits per heavy atom. The summed E-state index contributed by atoms with van der Waals surface area (Å²) >= 11 is 0. The summed E-state index contributed by atoms with van der Waals surface area (Å²) in [6.07, 6.45) is 0.527. The van der Waals surface area contributed by atoms with Crippen LogP contribution in [0.5, 0.6) is 11.5 Å². The molecule has 27 heavy (non-hydrogen) atoms. The third-order valence-electron chi connectivity index (χ3n) is 5.23. The van der Waals surface area contributed by atoms with Gasteiger partial charge in [0, 0.05) is 18.8 Å². The van der Waals surface area contributed by atoms with Gasteiger partial charge >= 0.3 is 0 Å². The normalized spacial score (nSPS) is 18.1. The molecule has 0 radical (unpaired) electrons. The largest absolute Gasteiger partial charge is 0.454 e. The Hall–Kier alpha value is -3.02. The second-order valence-electron chi connectivity index (χ2n) is 7.01. The number of carbonyl (C=O) groups is 2. The van der Waals surface area contributed by atoms with Gasteiger partial charge in [-0.25, -0.2) is 0 Å². The molecule has 0 saturated carbocycles. The molecule has 1 saturated heterocycles. The number of benzene rings is 2. The average Bonchev–Trinajstić information content (AvgIpc) is 3.28. The van der Waals surface area contributed by atoms with E-state index in [1.165, 1.54) is 5.56 Å². The molecule has 1 N–H and O–H groups in total. The smallest absolute Gasteiger partial charge is 0.239 e. The quantitative estimate of drug-likeness (QED) is 0.845. The van der Waals surface area contributed by atoms with Crippen molar-refractivity contribution in [3.05, 3.63) is 53.1 Å². The van der Waals surface area contributed by atoms with E-state index in [4.69, 9.17) is 9.47 Å². The first-order chi connectivity index (χ1) is 13.0. The zero-order chi connectivity index (χ0) is 19.0. The lowest BCUT2D eigenvalue weighted by molar-refractivity contribution is -0.132. The third-order valence-corrected chi connectivity index (χ3v) is 5.23. The van der Waals surface area contributed by atoms with Gasteiger partial charge in [-0.1, -0.05) is 12.1 Å². The predicted octanol–water partition coefficient (Wildman–Crippen LogP) is 2.70. The van der Waals surface area contributed by atoms with Gasteiger partial charge in [0.25, 0.3) is 0 Å². The summed E-state index contributed by atoms with van der Waals surface area (Å²) < 4.78 is 10.6. The van der Waals surface area contributed by atoms with Crippen LogP contribution in [-0.2, 0) is 16.1 Å². The van der Waals surface area contributed by atoms with E-state index in [9.17, 15) is 9.59 Å². The van der Waals surface area contributed by atoms with E-state index in [1.807, 2.05) is 50.2 Å². The van der Waals surface area contributed by atoms with Crippen LogP contribution in [0.25, 0.3) is 0 Å². The number of hydrogen-bond acceptors (Lipinski definition) is 4. The fourth-order valence-corrected chi connectivity index (χ4v) is 3.44. The van der Waals surface area contributed by atoms with E-state index in [0.717, 1.165) is 16.8 Å². The van der Waals surface area contributed by atoms with Crippen molar-refractivity contribution in [1.82, 2.24) is 5.32 Å². The lowest BCUT2D eigenvalue weighted by Gasteiger charge is -2.18. The van der Waals surface area contributed by atoms with Crippen LogP contribution in [0.3, 0.4) is 0 Å². The molecule has 2 amide bonds. The zero-order valence-corrected chi connectivity index (χ0v) is 15.5. The van der Waals surface area contributed by atoms with Crippen LogP contribution < -0.4 is 19.7 Å². The van der Waals surface area contributed by atoms with Gasteiger partial charge in [0.2, 0.25) is 18.6 Å². The van der Waals surface area contributed by atoms with Crippen LogP contribution in [0.1, 0.15) is 23.1 Å². The van der Waals surface area contributed by atoms with E-state index in [0.29, 0.717) is 31.0 Å². The lowest BCUT2D eigenvalue weighted by atomic mass is 10.1. The first-order valence-electron chi connectivity index (χ1n) is 9.08. The van der Waals surface area contributed by atoms with Crippen molar-refractivity contribution >= 4 is 17.5 Å². The van der Waals surface area contributed by atoms with Crippen LogP contribution in [-0.4, -0.2) is 25.2 Å². The minimum absolute atomic E-state index is 0.138. The topological polar surface area (TPSA) is 67.9 Å². The molecule has 6 nitrogen and oxygen atoms in total. The van der Waals surface area contributed by atoms with Gasteiger partial charge in [-0.15, -0.1) is 0 Å². The molecule has 4 rings (SSSR count). The highest BCUT2D eigenvalue weighted by Gasteiger charge is 2.37. The second-order valence-corrected chi connectivity index (χ2v) is 7.01. The van der Waals surface area contributed by atoms with Crippen molar-refractivity contribution in [2.24, 2.45) is 5.92 Å². The van der Waals surface area contributed by atoms with E-state index < -0.39 is 5.92 Å². The van der Waals surface area contributed by atoms with Crippen LogP contribution >= 0.6 is 0 Å². The van der Waals surface area contributed by atoms with Crippen molar-refractivity contribution in [2.75, 3.05) is 18.2 Å². The van der Waals surface area contributed by atoms with Gasteiger partial charge in [-0.3, -0.25) is 9.59 Å². The third kappa shape index (κ3) is 3.35. The molecule has 2 aliphatic heterocycles. The van der Waals surface area contributed by atoms with Gasteiger partial charge in [-0.2, -0.15) is 0 Å². The SMILES string of the molecule is Cc1ccc(N2CCC(C(=O)NCc3ccc4c(c3)OCO4)C2=O)cc1C. The van der Waals surface area contributed by atoms with Crippen molar-refractivity contribution in [1.29, 1.82) is 0 Å². The van der Waals surface area contributed by atoms with E-state index >= 15 is 0 Å². The standard InChI is InChI=1S/C21H22N2O4/c1-13-3-5-16(9-14(13)2)23-8-7-17(21(23)25)20(24)22-11-15-4-6-18-19(10-15)27-12-26-18/h3-6,9-10,17H,7-8,11-12H2,1-2H3,(H,22,24). The maximum absolute atomic E-state index is 12.7. The van der Waals surface area contributed by atoms with Gasteiger partial charge in [0.15, 0.2) is 11.5 Å². The first kappa shape index (κ1) is 17.4. The summed E-state index contributed by atoms with van der Waals surface area (Å²) in [6.45, 7) is 5.19. The Morgan fingerprint density at radius 3 is 2.74 bits per heavy atom. The second kappa shape index (κ2) is 6.95. The Balaban J connectivity index is 1.39. The summed E-state index contributed by atoms with van der Waals surface area (Å²) in [6, 6.07) is 11.5. The van der Waals surface area contributed by atoms with E-state index in [-0.39, 0.29) is 18.6 Å². The number of rotatable bonds is 4. The molecule has 0 bridgehead atoms. The summed E-state index contributed by atoms with van der Waals surface area (Å²) in [5, 5.41) is 2.87. The van der Waals surface area contributed by atoms with Crippen molar-refractivity contribution in [3.63, 3.8) is 0 Å². The molecule has 2 heterocycles. The van der Waals surface area contributed by atoms with Crippen LogP contribution in [0.2, 0.25) is 0 Å². The average molecular weight is 366 g/mol. The highest BCUT2D eigenvalue weighted by Crippen LogP contribution is 2.32. The number of hydrogen-bond donors (Lipinski definition) is 1. The van der Waals surface area contributed by atoms with Crippen LogP contribution in [0.15, 0.2) is 36.4 Å². The Kier molecular flexibility index (Phi) is 4.48. The Labute approximate surface area is 158 Å². The summed E-state index contributed by atoms with van der Waals surface area (Å²) in [5.41, 5.74) is 4.08. The number of nitrogens with one attached hydrogen (secondary N) is 1. The van der Waals surface area contributed by atoms with Gasteiger partial charge in [0.05, 0.1) is 0 Å². The fourth-order valence-electron chi connectivity index (χ4n) is 3.44. The lowest BCUT2D eigenvalue weighted by Crippen LogP contribution is -2.36.